The number of aromatic nitrogens is 4. The molecule has 2 heterocycles. The highest BCUT2D eigenvalue weighted by Gasteiger charge is 2.25. The van der Waals surface area contributed by atoms with Crippen LogP contribution in [0.5, 0.6) is 0 Å². The molecule has 1 saturated carbocycles. The van der Waals surface area contributed by atoms with Crippen LogP contribution in [0.3, 0.4) is 0 Å². The van der Waals surface area contributed by atoms with Gasteiger partial charge in [0.15, 0.2) is 0 Å². The summed E-state index contributed by atoms with van der Waals surface area (Å²) in [5.41, 5.74) is 1.11. The van der Waals surface area contributed by atoms with E-state index in [9.17, 15) is 9.59 Å². The Kier molecular flexibility index (Phi) is 4.14. The Morgan fingerprint density at radius 1 is 1.43 bits per heavy atom. The first-order valence-corrected chi connectivity index (χ1v) is 7.64. The molecule has 2 N–H and O–H groups in total. The highest BCUT2D eigenvalue weighted by molar-refractivity contribution is 5.87. The number of carbonyl (C=O) groups excluding carboxylic acids is 1. The molecule has 8 nitrogen and oxygen atoms in total. The summed E-state index contributed by atoms with van der Waals surface area (Å²) in [7, 11) is 0. The van der Waals surface area contributed by atoms with Crippen LogP contribution in [-0.4, -0.2) is 43.1 Å². The Bertz CT molecular complexity index is 716. The van der Waals surface area contributed by atoms with Crippen molar-refractivity contribution in [3.05, 3.63) is 35.9 Å². The number of hydrogen-bond donors (Lipinski definition) is 2. The van der Waals surface area contributed by atoms with Crippen molar-refractivity contribution in [2.24, 2.45) is 0 Å². The van der Waals surface area contributed by atoms with Gasteiger partial charge in [0.2, 0.25) is 5.91 Å². The number of nitrogens with zero attached hydrogens (tertiary/aromatic N) is 4. The van der Waals surface area contributed by atoms with E-state index in [0.29, 0.717) is 19.0 Å². The molecule has 0 bridgehead atoms. The quantitative estimate of drug-likeness (QED) is 0.794. The lowest BCUT2D eigenvalue weighted by molar-refractivity contribution is -0.124. The first-order chi connectivity index (χ1) is 11.1. The summed E-state index contributed by atoms with van der Waals surface area (Å²) in [5.74, 6) is -0.766. The van der Waals surface area contributed by atoms with Gasteiger partial charge in [0.1, 0.15) is 11.7 Å². The van der Waals surface area contributed by atoms with Crippen molar-refractivity contribution in [2.75, 3.05) is 6.54 Å². The number of carbonyl (C=O) groups is 2. The fourth-order valence-corrected chi connectivity index (χ4v) is 2.44. The second kappa shape index (κ2) is 6.23. The number of rotatable bonds is 7. The molecule has 0 radical (unpaired) electrons. The van der Waals surface area contributed by atoms with Gasteiger partial charge in [0.25, 0.3) is 0 Å². The zero-order chi connectivity index (χ0) is 16.4. The first-order valence-electron chi connectivity index (χ1n) is 7.64. The number of nitrogens with one attached hydrogen (secondary N) is 1. The number of hydrogen-bond acceptors (Lipinski definition) is 4. The fraction of sp³-hybridized carbons (Fsp3) is 0.467. The first kappa shape index (κ1) is 15.3. The minimum atomic E-state index is -1.11. The molecule has 0 aromatic carbocycles. The normalized spacial score (nSPS) is 15.3. The third kappa shape index (κ3) is 3.41. The third-order valence-corrected chi connectivity index (χ3v) is 3.93. The molecule has 2 aromatic rings. The van der Waals surface area contributed by atoms with E-state index in [-0.39, 0.29) is 11.6 Å². The number of carboxylic acid groups (broad SMARTS) is 1. The molecule has 1 aliphatic rings. The van der Waals surface area contributed by atoms with E-state index in [4.69, 9.17) is 5.11 Å². The summed E-state index contributed by atoms with van der Waals surface area (Å²) in [6.45, 7) is 2.63. The van der Waals surface area contributed by atoms with Crippen molar-refractivity contribution in [1.82, 2.24) is 24.9 Å². The third-order valence-electron chi connectivity index (χ3n) is 3.93. The van der Waals surface area contributed by atoms with Crippen LogP contribution in [0.4, 0.5) is 0 Å². The molecule has 3 rings (SSSR count). The Balaban J connectivity index is 1.51. The van der Waals surface area contributed by atoms with Gasteiger partial charge < -0.3 is 10.4 Å². The largest absolute Gasteiger partial charge is 0.477 e. The van der Waals surface area contributed by atoms with Gasteiger partial charge >= 0.3 is 5.97 Å². The molecular formula is C15H19N5O3. The zero-order valence-corrected chi connectivity index (χ0v) is 12.8. The zero-order valence-electron chi connectivity index (χ0n) is 12.8. The summed E-state index contributed by atoms with van der Waals surface area (Å²) in [6.07, 6.45) is 5.71. The molecule has 122 valence electrons. The molecular weight excluding hydrogens is 298 g/mol. The maximum atomic E-state index is 12.1. The van der Waals surface area contributed by atoms with E-state index in [1.165, 1.54) is 29.8 Å². The van der Waals surface area contributed by atoms with Crippen LogP contribution in [0.15, 0.2) is 24.5 Å². The van der Waals surface area contributed by atoms with E-state index >= 15 is 0 Å². The fourth-order valence-electron chi connectivity index (χ4n) is 2.44. The van der Waals surface area contributed by atoms with Gasteiger partial charge in [-0.05, 0) is 31.9 Å². The van der Waals surface area contributed by atoms with Crippen LogP contribution in [0.1, 0.15) is 47.9 Å². The van der Waals surface area contributed by atoms with Gasteiger partial charge in [-0.25, -0.2) is 9.48 Å². The van der Waals surface area contributed by atoms with Gasteiger partial charge in [0.05, 0.1) is 12.2 Å². The van der Waals surface area contributed by atoms with E-state index in [2.05, 4.69) is 15.5 Å². The van der Waals surface area contributed by atoms with Gasteiger partial charge in [-0.2, -0.15) is 10.2 Å². The van der Waals surface area contributed by atoms with Gasteiger partial charge in [-0.1, -0.05) is 0 Å². The molecule has 1 amide bonds. The van der Waals surface area contributed by atoms with Gasteiger partial charge in [-0.3, -0.25) is 9.48 Å². The summed E-state index contributed by atoms with van der Waals surface area (Å²) in [4.78, 5) is 23.2. The van der Waals surface area contributed by atoms with E-state index in [0.717, 1.165) is 5.69 Å². The van der Waals surface area contributed by atoms with Crippen LogP contribution < -0.4 is 5.32 Å². The summed E-state index contributed by atoms with van der Waals surface area (Å²) in [5, 5.41) is 20.2. The van der Waals surface area contributed by atoms with Gasteiger partial charge in [0, 0.05) is 24.9 Å². The molecule has 2 aromatic heterocycles. The van der Waals surface area contributed by atoms with Crippen LogP contribution in [0.25, 0.3) is 0 Å². The minimum absolute atomic E-state index is 0.00574. The highest BCUT2D eigenvalue weighted by Crippen LogP contribution is 2.38. The number of aromatic carboxylic acids is 1. The summed E-state index contributed by atoms with van der Waals surface area (Å²) >= 11 is 0. The molecule has 1 aliphatic carbocycles. The van der Waals surface area contributed by atoms with Crippen LogP contribution in [0.2, 0.25) is 0 Å². The number of carboxylic acids is 1. The Morgan fingerprint density at radius 2 is 2.22 bits per heavy atom. The van der Waals surface area contributed by atoms with Crippen molar-refractivity contribution in [3.8, 4) is 0 Å². The second-order valence-corrected chi connectivity index (χ2v) is 5.71. The monoisotopic (exact) mass is 317 g/mol. The average molecular weight is 317 g/mol. The van der Waals surface area contributed by atoms with Gasteiger partial charge in [-0.15, -0.1) is 0 Å². The molecule has 1 fully saturated rings. The predicted molar refractivity (Wildman–Crippen MR) is 81.1 cm³/mol. The topological polar surface area (TPSA) is 102 Å². The van der Waals surface area contributed by atoms with Crippen LogP contribution in [-0.2, 0) is 11.3 Å². The molecule has 0 aliphatic heterocycles. The summed E-state index contributed by atoms with van der Waals surface area (Å²) in [6, 6.07) is 2.70. The summed E-state index contributed by atoms with van der Waals surface area (Å²) < 4.78 is 3.02. The second-order valence-electron chi connectivity index (χ2n) is 5.71. The van der Waals surface area contributed by atoms with E-state index < -0.39 is 12.0 Å². The predicted octanol–water partition coefficient (Wildman–Crippen LogP) is 1.03. The minimum Gasteiger partial charge on any atom is -0.477 e. The smallest absolute Gasteiger partial charge is 0.354 e. The van der Waals surface area contributed by atoms with E-state index in [1.54, 1.807) is 6.92 Å². The maximum Gasteiger partial charge on any atom is 0.354 e. The number of amides is 1. The molecule has 0 spiro atoms. The molecule has 0 saturated heterocycles. The maximum absolute atomic E-state index is 12.1. The van der Waals surface area contributed by atoms with Crippen molar-refractivity contribution in [3.63, 3.8) is 0 Å². The lowest BCUT2D eigenvalue weighted by Gasteiger charge is -2.14. The van der Waals surface area contributed by atoms with Crippen molar-refractivity contribution in [1.29, 1.82) is 0 Å². The highest BCUT2D eigenvalue weighted by atomic mass is 16.4. The lowest BCUT2D eigenvalue weighted by Crippen LogP contribution is -2.34. The van der Waals surface area contributed by atoms with Crippen LogP contribution >= 0.6 is 0 Å². The van der Waals surface area contributed by atoms with Crippen molar-refractivity contribution >= 4 is 11.9 Å². The molecule has 8 heteroatoms. The lowest BCUT2D eigenvalue weighted by atomic mass is 10.3. The molecule has 1 unspecified atom stereocenters. The van der Waals surface area contributed by atoms with Crippen molar-refractivity contribution in [2.45, 2.75) is 38.3 Å². The average Bonchev–Trinajstić information content (AvgIpc) is 3.07. The molecule has 1 atom stereocenters. The van der Waals surface area contributed by atoms with E-state index in [1.807, 2.05) is 16.9 Å². The molecule has 23 heavy (non-hydrogen) atoms. The Labute approximate surface area is 133 Å². The Morgan fingerprint density at radius 3 is 2.91 bits per heavy atom. The SMILES string of the molecule is CC(C(=O)NCCn1ccc(C2CC2)n1)n1nccc1C(=O)O. The van der Waals surface area contributed by atoms with Crippen LogP contribution in [0, 0.1) is 0 Å². The Hall–Kier alpha value is -2.64. The standard InChI is InChI=1S/C15H19N5O3/c1-10(20-13(15(22)23)4-6-17-20)14(21)16-7-9-19-8-5-12(18-19)11-2-3-11/h4-6,8,10-11H,2-3,7,9H2,1H3,(H,16,21)(H,22,23). The van der Waals surface area contributed by atoms with Crippen molar-refractivity contribution < 1.29 is 14.7 Å².